The fourth-order valence-corrected chi connectivity index (χ4v) is 3.79. The van der Waals surface area contributed by atoms with Crippen LogP contribution < -0.4 is 5.14 Å². The second kappa shape index (κ2) is 10.5. The average Bonchev–Trinajstić information content (AvgIpc) is 3.20. The lowest BCUT2D eigenvalue weighted by Gasteiger charge is -2.18. The number of carbonyl (C=O) groups is 1. The van der Waals surface area contributed by atoms with Gasteiger partial charge in [-0.15, -0.1) is 5.10 Å². The second-order valence-electron chi connectivity index (χ2n) is 7.28. The van der Waals surface area contributed by atoms with Gasteiger partial charge in [-0.3, -0.25) is 4.79 Å². The highest BCUT2D eigenvalue weighted by molar-refractivity contribution is 7.89. The number of unbranched alkanes of at least 4 members (excludes halogenated alkanes) is 1. The van der Waals surface area contributed by atoms with E-state index < -0.39 is 10.0 Å². The van der Waals surface area contributed by atoms with Crippen molar-refractivity contribution >= 4 is 15.9 Å². The largest absolute Gasteiger partial charge is 0.396 e. The lowest BCUT2D eigenvalue weighted by Crippen LogP contribution is -2.32. The number of hydrogen-bond acceptors (Lipinski definition) is 6. The van der Waals surface area contributed by atoms with Gasteiger partial charge in [-0.2, -0.15) is 0 Å². The van der Waals surface area contributed by atoms with E-state index in [0.29, 0.717) is 43.9 Å². The average molecular weight is 458 g/mol. The van der Waals surface area contributed by atoms with Crippen LogP contribution in [0, 0.1) is 0 Å². The van der Waals surface area contributed by atoms with Crippen LogP contribution >= 0.6 is 0 Å². The number of sulfonamides is 1. The van der Waals surface area contributed by atoms with Crippen LogP contribution in [0.25, 0.3) is 5.69 Å². The number of hydrogen-bond donors (Lipinski definition) is 2. The third-order valence-electron chi connectivity index (χ3n) is 4.99. The number of amides is 1. The molecule has 170 valence electrons. The normalized spacial score (nSPS) is 11.5. The number of aromatic nitrogens is 3. The molecule has 0 saturated carbocycles. The summed E-state index contributed by atoms with van der Waals surface area (Å²) in [5, 5.41) is 18.6. The fraction of sp³-hybridized carbons (Fsp3) is 0.318. The molecule has 0 aliphatic rings. The summed E-state index contributed by atoms with van der Waals surface area (Å²) in [5.41, 5.74) is 1.56. The summed E-state index contributed by atoms with van der Waals surface area (Å²) in [5.74, 6) is 0.325. The predicted octanol–water partition coefficient (Wildman–Crippen LogP) is 1.74. The van der Waals surface area contributed by atoms with Gasteiger partial charge in [0.25, 0.3) is 5.91 Å². The monoisotopic (exact) mass is 457 g/mol. The molecule has 0 radical (unpaired) electrons. The van der Waals surface area contributed by atoms with E-state index in [4.69, 9.17) is 10.2 Å². The zero-order valence-corrected chi connectivity index (χ0v) is 18.7. The molecule has 1 aromatic heterocycles. The summed E-state index contributed by atoms with van der Waals surface area (Å²) in [6, 6.07) is 15.6. The first kappa shape index (κ1) is 23.6. The predicted molar refractivity (Wildman–Crippen MR) is 120 cm³/mol. The molecule has 3 aromatic rings. The van der Waals surface area contributed by atoms with E-state index >= 15 is 0 Å². The van der Waals surface area contributed by atoms with E-state index in [2.05, 4.69) is 10.1 Å². The van der Waals surface area contributed by atoms with Crippen molar-refractivity contribution in [2.24, 2.45) is 5.14 Å². The van der Waals surface area contributed by atoms with Crippen molar-refractivity contribution in [3.63, 3.8) is 0 Å². The van der Waals surface area contributed by atoms with Crippen molar-refractivity contribution < 1.29 is 18.3 Å². The molecule has 32 heavy (non-hydrogen) atoms. The summed E-state index contributed by atoms with van der Waals surface area (Å²) in [7, 11) is -3.82. The van der Waals surface area contributed by atoms with Gasteiger partial charge in [-0.05, 0) is 49.6 Å². The molecule has 0 fully saturated rings. The molecule has 10 heteroatoms. The molecule has 0 unspecified atom stereocenters. The zero-order valence-electron chi connectivity index (χ0n) is 17.9. The quantitative estimate of drug-likeness (QED) is 0.446. The van der Waals surface area contributed by atoms with Crippen molar-refractivity contribution in [2.45, 2.75) is 31.1 Å². The number of aliphatic hydroxyl groups is 1. The van der Waals surface area contributed by atoms with Crippen molar-refractivity contribution in [2.75, 3.05) is 19.7 Å². The molecule has 0 bridgehead atoms. The van der Waals surface area contributed by atoms with Gasteiger partial charge < -0.3 is 10.0 Å². The van der Waals surface area contributed by atoms with Gasteiger partial charge in [0, 0.05) is 26.1 Å². The Morgan fingerprint density at radius 1 is 1.09 bits per heavy atom. The highest BCUT2D eigenvalue weighted by Gasteiger charge is 2.22. The molecule has 2 aromatic carbocycles. The Morgan fingerprint density at radius 2 is 1.78 bits per heavy atom. The number of carbonyl (C=O) groups excluding carboxylic acids is 1. The molecule has 0 saturated heterocycles. The highest BCUT2D eigenvalue weighted by atomic mass is 32.2. The molecule has 0 aliphatic carbocycles. The van der Waals surface area contributed by atoms with Gasteiger partial charge in [0.2, 0.25) is 15.8 Å². The number of nitrogens with two attached hydrogens (primary N) is 1. The third kappa shape index (κ3) is 5.78. The molecular formula is C22H27N5O4S. The molecule has 0 aliphatic heterocycles. The maximum Gasteiger partial charge on any atom is 0.293 e. The van der Waals surface area contributed by atoms with Crippen molar-refractivity contribution in [3.8, 4) is 5.69 Å². The Balaban J connectivity index is 1.97. The van der Waals surface area contributed by atoms with Gasteiger partial charge >= 0.3 is 0 Å². The fourth-order valence-electron chi connectivity index (χ4n) is 3.27. The Kier molecular flexibility index (Phi) is 7.73. The lowest BCUT2D eigenvalue weighted by molar-refractivity contribution is 0.0746. The molecule has 3 rings (SSSR count). The summed E-state index contributed by atoms with van der Waals surface area (Å²) in [4.78, 5) is 19.2. The molecule has 3 N–H and O–H groups in total. The standard InChI is InChI=1S/C22H27N5O4S/c1-2-26(14-6-7-15-28)22(29)21-24-20(16-17-8-4-3-5-9-17)27(25-21)18-10-12-19(13-11-18)32(23,30)31/h3-5,8-13,28H,2,6-7,14-16H2,1H3,(H2,23,30,31). The molecule has 1 amide bonds. The lowest BCUT2D eigenvalue weighted by atomic mass is 10.1. The Bertz CT molecular complexity index is 1140. The first-order chi connectivity index (χ1) is 15.3. The van der Waals surface area contributed by atoms with E-state index in [9.17, 15) is 13.2 Å². The highest BCUT2D eigenvalue weighted by Crippen LogP contribution is 2.17. The van der Waals surface area contributed by atoms with Crippen LogP contribution in [-0.2, 0) is 16.4 Å². The molecule has 0 spiro atoms. The second-order valence-corrected chi connectivity index (χ2v) is 8.84. The van der Waals surface area contributed by atoms with Gasteiger partial charge in [0.05, 0.1) is 10.6 Å². The van der Waals surface area contributed by atoms with Crippen LogP contribution in [0.3, 0.4) is 0 Å². The van der Waals surface area contributed by atoms with Crippen LogP contribution in [0.4, 0.5) is 0 Å². The van der Waals surface area contributed by atoms with E-state index in [1.165, 1.54) is 12.1 Å². The number of nitrogens with zero attached hydrogens (tertiary/aromatic N) is 4. The molecule has 9 nitrogen and oxygen atoms in total. The smallest absolute Gasteiger partial charge is 0.293 e. The Hall–Kier alpha value is -3.08. The molecule has 0 atom stereocenters. The van der Waals surface area contributed by atoms with Crippen molar-refractivity contribution in [3.05, 3.63) is 71.8 Å². The van der Waals surface area contributed by atoms with Gasteiger partial charge in [0.1, 0.15) is 5.82 Å². The number of benzene rings is 2. The van der Waals surface area contributed by atoms with Gasteiger partial charge in [0.15, 0.2) is 0 Å². The summed E-state index contributed by atoms with van der Waals surface area (Å²) in [6.07, 6.45) is 1.73. The summed E-state index contributed by atoms with van der Waals surface area (Å²) in [6.45, 7) is 2.95. The minimum absolute atomic E-state index is 0.0108. The topological polar surface area (TPSA) is 131 Å². The maximum absolute atomic E-state index is 13.0. The molecule has 1 heterocycles. The summed E-state index contributed by atoms with van der Waals surface area (Å²) >= 11 is 0. The minimum atomic E-state index is -3.82. The van der Waals surface area contributed by atoms with Crippen LogP contribution in [0.15, 0.2) is 59.5 Å². The van der Waals surface area contributed by atoms with Gasteiger partial charge in [-0.1, -0.05) is 30.3 Å². The first-order valence-electron chi connectivity index (χ1n) is 10.4. The van der Waals surface area contributed by atoms with Crippen LogP contribution in [0.1, 0.15) is 41.8 Å². The minimum Gasteiger partial charge on any atom is -0.396 e. The third-order valence-corrected chi connectivity index (χ3v) is 5.91. The van der Waals surface area contributed by atoms with Crippen LogP contribution in [-0.4, -0.2) is 58.8 Å². The maximum atomic E-state index is 13.0. The Morgan fingerprint density at radius 3 is 2.38 bits per heavy atom. The number of rotatable bonds is 10. The van der Waals surface area contributed by atoms with E-state index in [0.717, 1.165) is 5.56 Å². The zero-order chi connectivity index (χ0) is 23.1. The SMILES string of the molecule is CCN(CCCCO)C(=O)c1nc(Cc2ccccc2)n(-c2ccc(S(N)(=O)=O)cc2)n1. The van der Waals surface area contributed by atoms with E-state index in [1.54, 1.807) is 21.7 Å². The van der Waals surface area contributed by atoms with Crippen LogP contribution in [0.5, 0.6) is 0 Å². The Labute approximate surface area is 187 Å². The van der Waals surface area contributed by atoms with Crippen molar-refractivity contribution in [1.29, 1.82) is 0 Å². The number of primary sulfonamides is 1. The summed E-state index contributed by atoms with van der Waals surface area (Å²) < 4.78 is 24.7. The first-order valence-corrected chi connectivity index (χ1v) is 11.9. The van der Waals surface area contributed by atoms with Crippen molar-refractivity contribution in [1.82, 2.24) is 19.7 Å². The van der Waals surface area contributed by atoms with E-state index in [-0.39, 0.29) is 23.2 Å². The van der Waals surface area contributed by atoms with Gasteiger partial charge in [-0.25, -0.2) is 23.2 Å². The van der Waals surface area contributed by atoms with E-state index in [1.807, 2.05) is 37.3 Å². The van der Waals surface area contributed by atoms with Crippen LogP contribution in [0.2, 0.25) is 0 Å². The molecular weight excluding hydrogens is 430 g/mol. The number of aliphatic hydroxyl groups excluding tert-OH is 1.